The maximum Gasteiger partial charge on any atom is 0.140 e. The summed E-state index contributed by atoms with van der Waals surface area (Å²) in [4.78, 5) is 0. The first-order valence-corrected chi connectivity index (χ1v) is 7.85. The fraction of sp³-hybridized carbons (Fsp3) is 0.0526. The summed E-state index contributed by atoms with van der Waals surface area (Å²) in [6.07, 6.45) is 0. The van der Waals surface area contributed by atoms with Crippen LogP contribution in [0.15, 0.2) is 66.7 Å². The monoisotopic (exact) mass is 344 g/mol. The third-order valence-corrected chi connectivity index (χ3v) is 4.34. The molecule has 23 heavy (non-hydrogen) atoms. The Morgan fingerprint density at radius 1 is 0.739 bits per heavy atom. The summed E-state index contributed by atoms with van der Waals surface area (Å²) < 4.78 is 5.68. The van der Waals surface area contributed by atoms with Gasteiger partial charge in [-0.15, -0.1) is 0 Å². The van der Waals surface area contributed by atoms with Crippen LogP contribution >= 0.6 is 23.2 Å². The van der Waals surface area contributed by atoms with Gasteiger partial charge in [0.25, 0.3) is 0 Å². The summed E-state index contributed by atoms with van der Waals surface area (Å²) in [5.41, 5.74) is 3.35. The highest BCUT2D eigenvalue weighted by atomic mass is 35.5. The molecule has 0 saturated carbocycles. The van der Waals surface area contributed by atoms with Crippen LogP contribution in [-0.2, 0) is 6.61 Å². The van der Waals surface area contributed by atoms with Gasteiger partial charge in [0.1, 0.15) is 28.2 Å². The summed E-state index contributed by atoms with van der Waals surface area (Å²) in [6, 6.07) is 21.4. The lowest BCUT2D eigenvalue weighted by atomic mass is 10.0. The van der Waals surface area contributed by atoms with Crippen LogP contribution in [0.5, 0.6) is 11.5 Å². The van der Waals surface area contributed by atoms with Gasteiger partial charge in [-0.05, 0) is 28.8 Å². The zero-order valence-electron chi connectivity index (χ0n) is 12.2. The molecule has 0 aliphatic carbocycles. The average molecular weight is 345 g/mol. The Kier molecular flexibility index (Phi) is 4.75. The quantitative estimate of drug-likeness (QED) is 0.634. The Morgan fingerprint density at radius 3 is 2.09 bits per heavy atom. The number of hydrogen-bond acceptors (Lipinski definition) is 2. The number of rotatable bonds is 4. The summed E-state index contributed by atoms with van der Waals surface area (Å²) in [5, 5.41) is 9.79. The molecular formula is C19H14Cl2O2. The second kappa shape index (κ2) is 6.95. The van der Waals surface area contributed by atoms with Crippen molar-refractivity contribution in [3.8, 4) is 22.6 Å². The van der Waals surface area contributed by atoms with Gasteiger partial charge in [-0.2, -0.15) is 0 Å². The van der Waals surface area contributed by atoms with Crippen molar-refractivity contribution in [2.45, 2.75) is 6.61 Å². The van der Waals surface area contributed by atoms with E-state index in [4.69, 9.17) is 27.9 Å². The van der Waals surface area contributed by atoms with E-state index in [0.29, 0.717) is 12.4 Å². The standard InChI is InChI=1S/C19H14Cl2O2/c20-18-16(22)10-11-17(19(18)21)23-12-13-6-8-15(9-7-13)14-4-2-1-3-5-14/h1-11,22H,12H2. The van der Waals surface area contributed by atoms with E-state index in [1.54, 1.807) is 6.07 Å². The Balaban J connectivity index is 1.71. The molecule has 0 spiro atoms. The molecule has 0 aromatic heterocycles. The van der Waals surface area contributed by atoms with E-state index in [9.17, 15) is 5.11 Å². The third kappa shape index (κ3) is 3.61. The lowest BCUT2D eigenvalue weighted by Gasteiger charge is -2.10. The van der Waals surface area contributed by atoms with Crippen molar-refractivity contribution in [2.24, 2.45) is 0 Å². The molecule has 0 amide bonds. The number of phenols is 1. The van der Waals surface area contributed by atoms with Crippen molar-refractivity contribution in [3.63, 3.8) is 0 Å². The van der Waals surface area contributed by atoms with Crippen molar-refractivity contribution in [3.05, 3.63) is 82.3 Å². The van der Waals surface area contributed by atoms with Crippen LogP contribution < -0.4 is 4.74 Å². The first-order valence-electron chi connectivity index (χ1n) is 7.09. The minimum absolute atomic E-state index is 0.0590. The van der Waals surface area contributed by atoms with Gasteiger partial charge < -0.3 is 9.84 Å². The molecule has 1 N–H and O–H groups in total. The predicted molar refractivity (Wildman–Crippen MR) is 94.3 cm³/mol. The molecule has 0 unspecified atom stereocenters. The van der Waals surface area contributed by atoms with Crippen LogP contribution in [0.4, 0.5) is 0 Å². The van der Waals surface area contributed by atoms with Gasteiger partial charge in [-0.25, -0.2) is 0 Å². The number of ether oxygens (including phenoxy) is 1. The van der Waals surface area contributed by atoms with Crippen LogP contribution in [0.2, 0.25) is 10.0 Å². The van der Waals surface area contributed by atoms with Crippen molar-refractivity contribution < 1.29 is 9.84 Å². The second-order valence-corrected chi connectivity index (χ2v) is 5.82. The Bertz CT molecular complexity index is 800. The largest absolute Gasteiger partial charge is 0.506 e. The molecule has 3 aromatic rings. The number of aromatic hydroxyl groups is 1. The van der Waals surface area contributed by atoms with E-state index in [1.165, 1.54) is 11.6 Å². The van der Waals surface area contributed by atoms with E-state index in [0.717, 1.165) is 11.1 Å². The van der Waals surface area contributed by atoms with E-state index >= 15 is 0 Å². The minimum atomic E-state index is -0.0590. The third-order valence-electron chi connectivity index (χ3n) is 3.48. The molecule has 0 aliphatic heterocycles. The molecule has 2 nitrogen and oxygen atoms in total. The van der Waals surface area contributed by atoms with Crippen molar-refractivity contribution in [1.82, 2.24) is 0 Å². The lowest BCUT2D eigenvalue weighted by molar-refractivity contribution is 0.306. The molecule has 3 aromatic carbocycles. The predicted octanol–water partition coefficient (Wildman–Crippen LogP) is 5.95. The van der Waals surface area contributed by atoms with Crippen molar-refractivity contribution >= 4 is 23.2 Å². The van der Waals surface area contributed by atoms with Gasteiger partial charge in [0.15, 0.2) is 0 Å². The number of hydrogen-bond donors (Lipinski definition) is 1. The Morgan fingerprint density at radius 2 is 1.39 bits per heavy atom. The Labute approximate surface area is 144 Å². The van der Waals surface area contributed by atoms with Crippen LogP contribution in [0.25, 0.3) is 11.1 Å². The van der Waals surface area contributed by atoms with E-state index < -0.39 is 0 Å². The van der Waals surface area contributed by atoms with Gasteiger partial charge in [0, 0.05) is 0 Å². The van der Waals surface area contributed by atoms with E-state index in [-0.39, 0.29) is 15.8 Å². The van der Waals surface area contributed by atoms with Gasteiger partial charge in [-0.1, -0.05) is 77.8 Å². The fourth-order valence-corrected chi connectivity index (χ4v) is 2.59. The number of halogens is 2. The summed E-state index contributed by atoms with van der Waals surface area (Å²) >= 11 is 11.9. The number of phenolic OH excluding ortho intramolecular Hbond substituents is 1. The summed E-state index contributed by atoms with van der Waals surface area (Å²) in [5.74, 6) is 0.387. The lowest BCUT2D eigenvalue weighted by Crippen LogP contribution is -1.96. The SMILES string of the molecule is Oc1ccc(OCc2ccc(-c3ccccc3)cc2)c(Cl)c1Cl. The molecule has 0 fully saturated rings. The van der Waals surface area contributed by atoms with Gasteiger partial charge in [0.2, 0.25) is 0 Å². The topological polar surface area (TPSA) is 29.5 Å². The zero-order valence-corrected chi connectivity index (χ0v) is 13.7. The van der Waals surface area contributed by atoms with Gasteiger partial charge >= 0.3 is 0 Å². The molecule has 4 heteroatoms. The highest BCUT2D eigenvalue weighted by molar-refractivity contribution is 6.43. The van der Waals surface area contributed by atoms with Gasteiger partial charge in [-0.3, -0.25) is 0 Å². The van der Waals surface area contributed by atoms with Crippen LogP contribution in [0.3, 0.4) is 0 Å². The van der Waals surface area contributed by atoms with Crippen LogP contribution in [0, 0.1) is 0 Å². The number of benzene rings is 3. The molecule has 0 saturated heterocycles. The molecule has 0 bridgehead atoms. The van der Waals surface area contributed by atoms with E-state index in [2.05, 4.69) is 24.3 Å². The van der Waals surface area contributed by atoms with Crippen molar-refractivity contribution in [2.75, 3.05) is 0 Å². The van der Waals surface area contributed by atoms with Gasteiger partial charge in [0.05, 0.1) is 0 Å². The first-order chi connectivity index (χ1) is 11.1. The molecule has 116 valence electrons. The Hall–Kier alpha value is -2.16. The smallest absolute Gasteiger partial charge is 0.140 e. The molecule has 0 radical (unpaired) electrons. The highest BCUT2D eigenvalue weighted by Gasteiger charge is 2.10. The minimum Gasteiger partial charge on any atom is -0.506 e. The molecule has 0 aliphatic rings. The second-order valence-electron chi connectivity index (χ2n) is 5.06. The maximum atomic E-state index is 9.48. The highest BCUT2D eigenvalue weighted by Crippen LogP contribution is 2.38. The van der Waals surface area contributed by atoms with Crippen LogP contribution in [0.1, 0.15) is 5.56 Å². The van der Waals surface area contributed by atoms with E-state index in [1.807, 2.05) is 30.3 Å². The van der Waals surface area contributed by atoms with Crippen molar-refractivity contribution in [1.29, 1.82) is 0 Å². The van der Waals surface area contributed by atoms with Crippen LogP contribution in [-0.4, -0.2) is 5.11 Å². The first kappa shape index (κ1) is 15.7. The molecule has 3 rings (SSSR count). The summed E-state index contributed by atoms with van der Waals surface area (Å²) in [6.45, 7) is 0.371. The molecule has 0 atom stereocenters. The summed E-state index contributed by atoms with van der Waals surface area (Å²) in [7, 11) is 0. The zero-order chi connectivity index (χ0) is 16.2. The molecular weight excluding hydrogens is 331 g/mol. The normalized spacial score (nSPS) is 10.5. The maximum absolute atomic E-state index is 9.48. The fourth-order valence-electron chi connectivity index (χ4n) is 2.22. The molecule has 0 heterocycles. The average Bonchev–Trinajstić information content (AvgIpc) is 2.60.